The van der Waals surface area contributed by atoms with Crippen molar-refractivity contribution in [3.63, 3.8) is 0 Å². The second-order valence-corrected chi connectivity index (χ2v) is 8.46. The lowest BCUT2D eigenvalue weighted by atomic mass is 9.99. The zero-order valence-electron chi connectivity index (χ0n) is 17.5. The minimum atomic E-state index is -0.616. The number of rotatable bonds is 8. The van der Waals surface area contributed by atoms with Crippen molar-refractivity contribution in [2.45, 2.75) is 38.6 Å². The highest BCUT2D eigenvalue weighted by atomic mass is 79.9. The van der Waals surface area contributed by atoms with E-state index in [1.165, 1.54) is 12.8 Å². The normalized spacial score (nSPS) is 15.1. The number of halogens is 1. The number of methoxy groups -OCH3 is 1. The van der Waals surface area contributed by atoms with E-state index in [0.717, 1.165) is 22.9 Å². The van der Waals surface area contributed by atoms with Gasteiger partial charge in [-0.25, -0.2) is 0 Å². The molecule has 1 aromatic heterocycles. The Labute approximate surface area is 188 Å². The van der Waals surface area contributed by atoms with Gasteiger partial charge in [0.2, 0.25) is 5.76 Å². The van der Waals surface area contributed by atoms with E-state index in [9.17, 15) is 9.59 Å². The molecule has 0 radical (unpaired) electrons. The van der Waals surface area contributed by atoms with Crippen molar-refractivity contribution in [1.82, 2.24) is 5.32 Å². The summed E-state index contributed by atoms with van der Waals surface area (Å²) >= 11 is 3.39. The summed E-state index contributed by atoms with van der Waals surface area (Å²) in [6, 6.07) is 10.00. The Kier molecular flexibility index (Phi) is 6.32. The zero-order valence-corrected chi connectivity index (χ0v) is 19.1. The Balaban J connectivity index is 1.67. The lowest BCUT2D eigenvalue weighted by Crippen LogP contribution is -2.22. The molecule has 1 N–H and O–H groups in total. The number of hydrogen-bond acceptors (Lipinski definition) is 5. The minimum Gasteiger partial charge on any atom is -0.493 e. The van der Waals surface area contributed by atoms with Crippen LogP contribution in [0.5, 0.6) is 11.5 Å². The summed E-state index contributed by atoms with van der Waals surface area (Å²) in [5.41, 5.74) is 1.19. The van der Waals surface area contributed by atoms with Crippen molar-refractivity contribution in [2.75, 3.05) is 13.7 Å². The number of hydrogen-bond donors (Lipinski definition) is 1. The van der Waals surface area contributed by atoms with E-state index in [4.69, 9.17) is 13.9 Å². The van der Waals surface area contributed by atoms with Crippen molar-refractivity contribution in [2.24, 2.45) is 0 Å². The standard InChI is InChI=1S/C24H24BrNO5/c1-3-4-5-6-11-30-18-9-7-14(12-19(18)29-2)21-20-22(27)16-13-15(25)8-10-17(16)31-23(20)24(28)26-21/h7-10,12-13,21H,3-6,11H2,1-2H3,(H,26,28). The number of ether oxygens (including phenoxy) is 2. The Hall–Kier alpha value is -2.80. The third kappa shape index (κ3) is 4.19. The average Bonchev–Trinajstić information content (AvgIpc) is 3.11. The Bertz CT molecular complexity index is 1190. The molecule has 0 aliphatic carbocycles. The first-order chi connectivity index (χ1) is 15.0. The monoisotopic (exact) mass is 485 g/mol. The van der Waals surface area contributed by atoms with Crippen molar-refractivity contribution in [3.05, 3.63) is 68.0 Å². The molecule has 162 valence electrons. The molecule has 1 aliphatic heterocycles. The molecule has 2 heterocycles. The van der Waals surface area contributed by atoms with Gasteiger partial charge in [0.15, 0.2) is 16.9 Å². The average molecular weight is 486 g/mol. The van der Waals surface area contributed by atoms with Gasteiger partial charge in [-0.05, 0) is 42.3 Å². The van der Waals surface area contributed by atoms with Crippen LogP contribution in [-0.4, -0.2) is 19.6 Å². The topological polar surface area (TPSA) is 77.8 Å². The summed E-state index contributed by atoms with van der Waals surface area (Å²) < 4.78 is 17.9. The quantitative estimate of drug-likeness (QED) is 0.434. The van der Waals surface area contributed by atoms with Crippen LogP contribution in [0.4, 0.5) is 0 Å². The molecule has 4 rings (SSSR count). The van der Waals surface area contributed by atoms with Gasteiger partial charge in [-0.1, -0.05) is 48.2 Å². The van der Waals surface area contributed by atoms with Gasteiger partial charge in [0.25, 0.3) is 5.91 Å². The lowest BCUT2D eigenvalue weighted by Gasteiger charge is -2.16. The molecule has 0 fully saturated rings. The van der Waals surface area contributed by atoms with Crippen LogP contribution in [0.2, 0.25) is 0 Å². The largest absolute Gasteiger partial charge is 0.493 e. The van der Waals surface area contributed by atoms with E-state index in [2.05, 4.69) is 28.2 Å². The van der Waals surface area contributed by atoms with Gasteiger partial charge in [0.1, 0.15) is 5.58 Å². The highest BCUT2D eigenvalue weighted by Gasteiger charge is 2.36. The summed E-state index contributed by atoms with van der Waals surface area (Å²) in [5, 5.41) is 3.29. The summed E-state index contributed by atoms with van der Waals surface area (Å²) in [7, 11) is 1.57. The molecule has 0 bridgehead atoms. The Morgan fingerprint density at radius 3 is 2.68 bits per heavy atom. The number of unbranched alkanes of at least 4 members (excludes halogenated alkanes) is 3. The number of carbonyl (C=O) groups is 1. The van der Waals surface area contributed by atoms with Crippen LogP contribution in [0, 0.1) is 0 Å². The fourth-order valence-corrected chi connectivity index (χ4v) is 4.19. The van der Waals surface area contributed by atoms with E-state index in [1.54, 1.807) is 31.4 Å². The van der Waals surface area contributed by atoms with Gasteiger partial charge in [-0.15, -0.1) is 0 Å². The molecule has 1 atom stereocenters. The summed E-state index contributed by atoms with van der Waals surface area (Å²) in [4.78, 5) is 25.8. The number of fused-ring (bicyclic) bond motifs is 2. The first kappa shape index (κ1) is 21.4. The lowest BCUT2D eigenvalue weighted by molar-refractivity contribution is 0.0938. The van der Waals surface area contributed by atoms with Crippen molar-refractivity contribution < 1.29 is 18.7 Å². The van der Waals surface area contributed by atoms with Crippen molar-refractivity contribution in [3.8, 4) is 11.5 Å². The third-order valence-electron chi connectivity index (χ3n) is 5.43. The molecule has 0 spiro atoms. The molecule has 1 unspecified atom stereocenters. The predicted octanol–water partition coefficient (Wildman–Crippen LogP) is 5.36. The fourth-order valence-electron chi connectivity index (χ4n) is 3.83. The highest BCUT2D eigenvalue weighted by molar-refractivity contribution is 9.10. The second-order valence-electron chi connectivity index (χ2n) is 7.54. The molecule has 0 saturated heterocycles. The number of benzene rings is 2. The Morgan fingerprint density at radius 2 is 1.90 bits per heavy atom. The van der Waals surface area contributed by atoms with Crippen molar-refractivity contribution >= 4 is 32.8 Å². The molecule has 6 nitrogen and oxygen atoms in total. The van der Waals surface area contributed by atoms with Gasteiger partial charge in [0, 0.05) is 4.47 Å². The molecule has 7 heteroatoms. The minimum absolute atomic E-state index is 0.0556. The maximum absolute atomic E-state index is 13.2. The summed E-state index contributed by atoms with van der Waals surface area (Å²) in [5.74, 6) is 0.850. The molecule has 1 amide bonds. The number of amides is 1. The SMILES string of the molecule is CCCCCCOc1ccc(C2NC(=O)c3oc4ccc(Br)cc4c(=O)c32)cc1OC. The van der Waals surface area contributed by atoms with E-state index >= 15 is 0 Å². The fraction of sp³-hybridized carbons (Fsp3) is 0.333. The third-order valence-corrected chi connectivity index (χ3v) is 5.93. The molecular weight excluding hydrogens is 462 g/mol. The van der Waals surface area contributed by atoms with E-state index in [-0.39, 0.29) is 11.2 Å². The van der Waals surface area contributed by atoms with Gasteiger partial charge in [-0.3, -0.25) is 9.59 Å². The van der Waals surface area contributed by atoms with E-state index in [1.807, 2.05) is 12.1 Å². The first-order valence-electron chi connectivity index (χ1n) is 10.4. The second kappa shape index (κ2) is 9.14. The molecule has 2 aromatic carbocycles. The van der Waals surface area contributed by atoms with Crippen molar-refractivity contribution in [1.29, 1.82) is 0 Å². The van der Waals surface area contributed by atoms with Crippen LogP contribution in [0.15, 0.2) is 50.1 Å². The predicted molar refractivity (Wildman–Crippen MR) is 122 cm³/mol. The van der Waals surface area contributed by atoms with Crippen LogP contribution in [0.3, 0.4) is 0 Å². The van der Waals surface area contributed by atoms with Gasteiger partial charge >= 0.3 is 0 Å². The maximum atomic E-state index is 13.2. The van der Waals surface area contributed by atoms with Crippen LogP contribution >= 0.6 is 15.9 Å². The smallest absolute Gasteiger partial charge is 0.288 e. The molecular formula is C24H24BrNO5. The molecule has 1 aliphatic rings. The number of nitrogens with one attached hydrogen (secondary N) is 1. The summed E-state index contributed by atoms with van der Waals surface area (Å²) in [6.07, 6.45) is 4.47. The van der Waals surface area contributed by atoms with Crippen LogP contribution in [-0.2, 0) is 0 Å². The van der Waals surface area contributed by atoms with Crippen LogP contribution < -0.4 is 20.2 Å². The number of carbonyl (C=O) groups excluding carboxylic acids is 1. The highest BCUT2D eigenvalue weighted by Crippen LogP contribution is 2.36. The van der Waals surface area contributed by atoms with E-state index in [0.29, 0.717) is 34.6 Å². The molecule has 31 heavy (non-hydrogen) atoms. The zero-order chi connectivity index (χ0) is 22.0. The van der Waals surface area contributed by atoms with Crippen LogP contribution in [0.1, 0.15) is 60.3 Å². The van der Waals surface area contributed by atoms with E-state index < -0.39 is 11.9 Å². The van der Waals surface area contributed by atoms with Crippen LogP contribution in [0.25, 0.3) is 11.0 Å². The Morgan fingerprint density at radius 1 is 1.06 bits per heavy atom. The maximum Gasteiger partial charge on any atom is 0.288 e. The van der Waals surface area contributed by atoms with Gasteiger partial charge in [0.05, 0.1) is 30.7 Å². The van der Waals surface area contributed by atoms with Gasteiger partial charge < -0.3 is 19.2 Å². The summed E-state index contributed by atoms with van der Waals surface area (Å²) in [6.45, 7) is 2.79. The molecule has 3 aromatic rings. The first-order valence-corrected chi connectivity index (χ1v) is 11.2. The molecule has 0 saturated carbocycles. The van der Waals surface area contributed by atoms with Gasteiger partial charge in [-0.2, -0.15) is 0 Å².